The number of hydrogen-bond acceptors (Lipinski definition) is 3. The van der Waals surface area contributed by atoms with E-state index in [-0.39, 0.29) is 6.61 Å². The minimum absolute atomic E-state index is 0.217. The van der Waals surface area contributed by atoms with E-state index in [1.807, 2.05) is 0 Å². The zero-order valence-electron chi connectivity index (χ0n) is 14.2. The molecule has 1 aliphatic rings. The maximum Gasteiger partial charge on any atom is 0.129 e. The third kappa shape index (κ3) is 3.73. The zero-order chi connectivity index (χ0) is 16.2. The molecule has 2 heterocycles. The van der Waals surface area contributed by atoms with Gasteiger partial charge in [0.25, 0.3) is 0 Å². The lowest BCUT2D eigenvalue weighted by atomic mass is 9.98. The molecule has 2 aromatic rings. The topological polar surface area (TPSA) is 36.4 Å². The molecule has 0 bridgehead atoms. The van der Waals surface area contributed by atoms with E-state index in [9.17, 15) is 0 Å². The normalized spacial score (nSPS) is 14.5. The SMILES string of the molecule is Cc1ccc(C)c(-c2cc(CCCO)nc(N3CCCC3)c2)c1. The molecule has 1 N–H and O–H groups in total. The van der Waals surface area contributed by atoms with E-state index in [0.29, 0.717) is 0 Å². The first-order valence-corrected chi connectivity index (χ1v) is 8.62. The van der Waals surface area contributed by atoms with Gasteiger partial charge in [-0.05, 0) is 68.4 Å². The number of aryl methyl sites for hydroxylation is 3. The van der Waals surface area contributed by atoms with Crippen molar-refractivity contribution in [3.8, 4) is 11.1 Å². The Hall–Kier alpha value is -1.87. The molecule has 0 unspecified atom stereocenters. The smallest absolute Gasteiger partial charge is 0.129 e. The van der Waals surface area contributed by atoms with Crippen LogP contribution in [0.2, 0.25) is 0 Å². The Morgan fingerprint density at radius 2 is 1.87 bits per heavy atom. The highest BCUT2D eigenvalue weighted by atomic mass is 16.2. The van der Waals surface area contributed by atoms with E-state index >= 15 is 0 Å². The highest BCUT2D eigenvalue weighted by Crippen LogP contribution is 2.29. The lowest BCUT2D eigenvalue weighted by Crippen LogP contribution is -2.19. The molecule has 3 rings (SSSR count). The van der Waals surface area contributed by atoms with Crippen molar-refractivity contribution in [2.45, 2.75) is 39.5 Å². The van der Waals surface area contributed by atoms with E-state index in [1.165, 1.54) is 35.1 Å². The summed E-state index contributed by atoms with van der Waals surface area (Å²) in [5, 5.41) is 9.14. The number of nitrogens with zero attached hydrogens (tertiary/aromatic N) is 2. The Morgan fingerprint density at radius 3 is 2.61 bits per heavy atom. The van der Waals surface area contributed by atoms with E-state index in [2.05, 4.69) is 49.1 Å². The predicted molar refractivity (Wildman–Crippen MR) is 96.0 cm³/mol. The molecule has 3 heteroatoms. The van der Waals surface area contributed by atoms with Crippen LogP contribution >= 0.6 is 0 Å². The van der Waals surface area contributed by atoms with Crippen molar-refractivity contribution in [3.63, 3.8) is 0 Å². The van der Waals surface area contributed by atoms with Gasteiger partial charge >= 0.3 is 0 Å². The number of anilines is 1. The van der Waals surface area contributed by atoms with Crippen LogP contribution in [-0.4, -0.2) is 29.8 Å². The molecular formula is C20H26N2O. The third-order valence-electron chi connectivity index (χ3n) is 4.59. The van der Waals surface area contributed by atoms with Crippen molar-refractivity contribution >= 4 is 5.82 Å². The van der Waals surface area contributed by atoms with Gasteiger partial charge in [0.05, 0.1) is 0 Å². The standard InChI is InChI=1S/C20H26N2O/c1-15-7-8-16(2)19(12-15)17-13-18(6-5-11-23)21-20(14-17)22-9-3-4-10-22/h7-8,12-14,23H,3-6,9-11H2,1-2H3. The van der Waals surface area contributed by atoms with Crippen LogP contribution in [0.3, 0.4) is 0 Å². The van der Waals surface area contributed by atoms with Gasteiger partial charge in [0, 0.05) is 25.4 Å². The Balaban J connectivity index is 2.03. The second kappa shape index (κ2) is 7.14. The third-order valence-corrected chi connectivity index (χ3v) is 4.59. The van der Waals surface area contributed by atoms with Crippen molar-refractivity contribution in [2.24, 2.45) is 0 Å². The summed E-state index contributed by atoms with van der Waals surface area (Å²) in [6, 6.07) is 11.0. The molecule has 1 saturated heterocycles. The number of hydrogen-bond donors (Lipinski definition) is 1. The molecule has 0 saturated carbocycles. The molecule has 122 valence electrons. The van der Waals surface area contributed by atoms with Gasteiger partial charge in [-0.2, -0.15) is 0 Å². The summed E-state index contributed by atoms with van der Waals surface area (Å²) in [6.07, 6.45) is 4.10. The number of rotatable bonds is 5. The summed E-state index contributed by atoms with van der Waals surface area (Å²) < 4.78 is 0. The predicted octanol–water partition coefficient (Wildman–Crippen LogP) is 3.89. The fraction of sp³-hybridized carbons (Fsp3) is 0.450. The number of aromatic nitrogens is 1. The monoisotopic (exact) mass is 310 g/mol. The van der Waals surface area contributed by atoms with Gasteiger partial charge in [-0.3, -0.25) is 0 Å². The molecule has 0 atom stereocenters. The maximum absolute atomic E-state index is 9.14. The molecule has 1 aromatic carbocycles. The number of aliphatic hydroxyl groups is 1. The van der Waals surface area contributed by atoms with E-state index in [1.54, 1.807) is 0 Å². The van der Waals surface area contributed by atoms with Crippen molar-refractivity contribution in [2.75, 3.05) is 24.6 Å². The fourth-order valence-electron chi connectivity index (χ4n) is 3.27. The number of pyridine rings is 1. The summed E-state index contributed by atoms with van der Waals surface area (Å²) in [4.78, 5) is 7.23. The minimum Gasteiger partial charge on any atom is -0.396 e. The largest absolute Gasteiger partial charge is 0.396 e. The average Bonchev–Trinajstić information content (AvgIpc) is 3.09. The number of aliphatic hydroxyl groups excluding tert-OH is 1. The first-order chi connectivity index (χ1) is 11.2. The molecule has 1 fully saturated rings. The van der Waals surface area contributed by atoms with Gasteiger partial charge in [0.2, 0.25) is 0 Å². The first-order valence-electron chi connectivity index (χ1n) is 8.62. The van der Waals surface area contributed by atoms with Crippen molar-refractivity contribution in [3.05, 3.63) is 47.2 Å². The first kappa shape index (κ1) is 16.0. The summed E-state index contributed by atoms with van der Waals surface area (Å²) in [5.41, 5.74) is 6.19. The molecular weight excluding hydrogens is 284 g/mol. The molecule has 0 aliphatic carbocycles. The van der Waals surface area contributed by atoms with Gasteiger partial charge in [0.15, 0.2) is 0 Å². The highest BCUT2D eigenvalue weighted by molar-refractivity contribution is 5.71. The van der Waals surface area contributed by atoms with E-state index in [0.717, 1.165) is 37.4 Å². The van der Waals surface area contributed by atoms with E-state index in [4.69, 9.17) is 10.1 Å². The van der Waals surface area contributed by atoms with Crippen LogP contribution in [0.4, 0.5) is 5.82 Å². The quantitative estimate of drug-likeness (QED) is 0.910. The van der Waals surface area contributed by atoms with Gasteiger partial charge in [-0.15, -0.1) is 0 Å². The maximum atomic E-state index is 9.14. The molecule has 0 radical (unpaired) electrons. The van der Waals surface area contributed by atoms with Crippen LogP contribution in [0, 0.1) is 13.8 Å². The molecule has 1 aliphatic heterocycles. The summed E-state index contributed by atoms with van der Waals surface area (Å²) in [5.74, 6) is 1.09. The Bertz CT molecular complexity index is 675. The summed E-state index contributed by atoms with van der Waals surface area (Å²) in [6.45, 7) is 6.72. The highest BCUT2D eigenvalue weighted by Gasteiger charge is 2.16. The molecule has 0 spiro atoms. The molecule has 0 amide bonds. The Labute approximate surface area is 139 Å². The van der Waals surface area contributed by atoms with Gasteiger partial charge in [0.1, 0.15) is 5.82 Å². The molecule has 1 aromatic heterocycles. The van der Waals surface area contributed by atoms with E-state index < -0.39 is 0 Å². The second-order valence-corrected chi connectivity index (χ2v) is 6.55. The van der Waals surface area contributed by atoms with Crippen LogP contribution in [0.15, 0.2) is 30.3 Å². The fourth-order valence-corrected chi connectivity index (χ4v) is 3.27. The average molecular weight is 310 g/mol. The van der Waals surface area contributed by atoms with Crippen molar-refractivity contribution in [1.82, 2.24) is 4.98 Å². The zero-order valence-corrected chi connectivity index (χ0v) is 14.2. The van der Waals surface area contributed by atoms with Gasteiger partial charge < -0.3 is 10.0 Å². The molecule has 3 nitrogen and oxygen atoms in total. The Morgan fingerprint density at radius 1 is 1.09 bits per heavy atom. The van der Waals surface area contributed by atoms with Crippen LogP contribution in [0.25, 0.3) is 11.1 Å². The van der Waals surface area contributed by atoms with Crippen LogP contribution in [-0.2, 0) is 6.42 Å². The minimum atomic E-state index is 0.217. The summed E-state index contributed by atoms with van der Waals surface area (Å²) >= 11 is 0. The van der Waals surface area contributed by atoms with Crippen molar-refractivity contribution in [1.29, 1.82) is 0 Å². The molecule has 23 heavy (non-hydrogen) atoms. The van der Waals surface area contributed by atoms with Crippen LogP contribution in [0.1, 0.15) is 36.1 Å². The lowest BCUT2D eigenvalue weighted by molar-refractivity contribution is 0.288. The summed E-state index contributed by atoms with van der Waals surface area (Å²) in [7, 11) is 0. The Kier molecular flexibility index (Phi) is 4.97. The van der Waals surface area contributed by atoms with Crippen molar-refractivity contribution < 1.29 is 5.11 Å². The number of benzene rings is 1. The lowest BCUT2D eigenvalue weighted by Gasteiger charge is -2.19. The second-order valence-electron chi connectivity index (χ2n) is 6.55. The van der Waals surface area contributed by atoms with Gasteiger partial charge in [-0.25, -0.2) is 4.98 Å². The van der Waals surface area contributed by atoms with Gasteiger partial charge in [-0.1, -0.05) is 23.8 Å². The van der Waals surface area contributed by atoms with Crippen LogP contribution < -0.4 is 4.90 Å². The van der Waals surface area contributed by atoms with Crippen LogP contribution in [0.5, 0.6) is 0 Å².